The number of hydrogen-bond acceptors (Lipinski definition) is 3. The molecule has 106 valence electrons. The summed E-state index contributed by atoms with van der Waals surface area (Å²) in [6, 6.07) is 6.76. The van der Waals surface area contributed by atoms with Gasteiger partial charge >= 0.3 is 5.97 Å². The van der Waals surface area contributed by atoms with Gasteiger partial charge in [-0.3, -0.25) is 0 Å². The van der Waals surface area contributed by atoms with Crippen LogP contribution in [-0.2, 0) is 5.41 Å². The molecule has 0 fully saturated rings. The molecule has 0 bridgehead atoms. The van der Waals surface area contributed by atoms with Crippen LogP contribution in [0.2, 0.25) is 0 Å². The number of aromatic hydroxyl groups is 1. The number of nitrogens with zero attached hydrogens (tertiary/aromatic N) is 2. The Morgan fingerprint density at radius 3 is 2.40 bits per heavy atom. The fraction of sp³-hybridized carbons (Fsp3) is 0.333. The van der Waals surface area contributed by atoms with Gasteiger partial charge in [-0.25, -0.2) is 9.48 Å². The van der Waals surface area contributed by atoms with E-state index in [0.29, 0.717) is 5.69 Å². The molecule has 0 radical (unpaired) electrons. The van der Waals surface area contributed by atoms with Crippen LogP contribution in [0.25, 0.3) is 5.69 Å². The lowest BCUT2D eigenvalue weighted by molar-refractivity contribution is 0.0690. The van der Waals surface area contributed by atoms with Crippen LogP contribution in [0.1, 0.15) is 42.5 Å². The molecule has 0 spiro atoms. The number of benzene rings is 1. The Morgan fingerprint density at radius 2 is 1.90 bits per heavy atom. The van der Waals surface area contributed by atoms with Crippen LogP contribution < -0.4 is 0 Å². The lowest BCUT2D eigenvalue weighted by Crippen LogP contribution is -2.17. The molecule has 0 aliphatic rings. The molecule has 0 amide bonds. The highest BCUT2D eigenvalue weighted by Gasteiger charge is 2.25. The van der Waals surface area contributed by atoms with Crippen LogP contribution in [0, 0.1) is 6.92 Å². The van der Waals surface area contributed by atoms with Gasteiger partial charge in [0.15, 0.2) is 5.69 Å². The van der Waals surface area contributed by atoms with E-state index in [-0.39, 0.29) is 16.9 Å². The average Bonchev–Trinajstić information content (AvgIpc) is 2.73. The van der Waals surface area contributed by atoms with E-state index in [1.165, 1.54) is 4.68 Å². The van der Waals surface area contributed by atoms with Crippen molar-refractivity contribution in [2.45, 2.75) is 33.1 Å². The third-order valence-electron chi connectivity index (χ3n) is 3.06. The molecule has 0 aliphatic heterocycles. The van der Waals surface area contributed by atoms with Crippen molar-refractivity contribution >= 4 is 5.97 Å². The van der Waals surface area contributed by atoms with Crippen molar-refractivity contribution in [2.75, 3.05) is 0 Å². The number of phenols is 1. The Labute approximate surface area is 117 Å². The Morgan fingerprint density at radius 1 is 1.25 bits per heavy atom. The number of aromatic carboxylic acids is 1. The highest BCUT2D eigenvalue weighted by molar-refractivity contribution is 5.85. The van der Waals surface area contributed by atoms with Gasteiger partial charge in [0.2, 0.25) is 0 Å². The second-order valence-corrected chi connectivity index (χ2v) is 5.87. The van der Waals surface area contributed by atoms with Crippen LogP contribution in [0.15, 0.2) is 24.3 Å². The molecule has 0 aliphatic carbocycles. The zero-order valence-electron chi connectivity index (χ0n) is 12.0. The van der Waals surface area contributed by atoms with Gasteiger partial charge in [0.25, 0.3) is 0 Å². The normalized spacial score (nSPS) is 11.6. The zero-order chi connectivity index (χ0) is 15.1. The maximum absolute atomic E-state index is 11.1. The van der Waals surface area contributed by atoms with E-state index in [9.17, 15) is 9.90 Å². The maximum Gasteiger partial charge on any atom is 0.356 e. The predicted octanol–water partition coefficient (Wildman–Crippen LogP) is 2.88. The number of hydrogen-bond donors (Lipinski definition) is 2. The summed E-state index contributed by atoms with van der Waals surface area (Å²) in [4.78, 5) is 11.1. The van der Waals surface area contributed by atoms with E-state index < -0.39 is 5.97 Å². The zero-order valence-corrected chi connectivity index (χ0v) is 12.0. The number of aryl methyl sites for hydroxylation is 1. The third-order valence-corrected chi connectivity index (χ3v) is 3.06. The van der Waals surface area contributed by atoms with E-state index in [2.05, 4.69) is 5.10 Å². The maximum atomic E-state index is 11.1. The average molecular weight is 274 g/mol. The number of carboxylic acids is 1. The third kappa shape index (κ3) is 2.52. The molecule has 20 heavy (non-hydrogen) atoms. The summed E-state index contributed by atoms with van der Waals surface area (Å²) < 4.78 is 1.50. The summed E-state index contributed by atoms with van der Waals surface area (Å²) >= 11 is 0. The first-order valence-corrected chi connectivity index (χ1v) is 6.34. The van der Waals surface area contributed by atoms with Gasteiger partial charge in [0, 0.05) is 5.41 Å². The van der Waals surface area contributed by atoms with Crippen molar-refractivity contribution in [1.29, 1.82) is 0 Å². The first-order chi connectivity index (χ1) is 9.20. The molecule has 1 aromatic heterocycles. The fourth-order valence-electron chi connectivity index (χ4n) is 2.02. The SMILES string of the molecule is Cc1ccc(-n2nc(C(=O)O)cc2C(C)(C)C)c(O)c1. The molecule has 2 N–H and O–H groups in total. The lowest BCUT2D eigenvalue weighted by atomic mass is 9.91. The second kappa shape index (κ2) is 4.67. The first-order valence-electron chi connectivity index (χ1n) is 6.34. The fourth-order valence-corrected chi connectivity index (χ4v) is 2.02. The summed E-state index contributed by atoms with van der Waals surface area (Å²) in [6.07, 6.45) is 0. The minimum atomic E-state index is -1.08. The Balaban J connectivity index is 2.69. The molecular formula is C15H18N2O3. The minimum Gasteiger partial charge on any atom is -0.506 e. The van der Waals surface area contributed by atoms with Gasteiger partial charge in [-0.15, -0.1) is 0 Å². The van der Waals surface area contributed by atoms with Crippen molar-refractivity contribution in [3.05, 3.63) is 41.2 Å². The first kappa shape index (κ1) is 14.1. The molecule has 0 atom stereocenters. The molecule has 2 rings (SSSR count). The standard InChI is InChI=1S/C15H18N2O3/c1-9-5-6-11(12(18)7-9)17-13(15(2,3)4)8-10(16-17)14(19)20/h5-8,18H,1-4H3,(H,19,20). The van der Waals surface area contributed by atoms with E-state index in [0.717, 1.165) is 11.3 Å². The van der Waals surface area contributed by atoms with Gasteiger partial charge in [0.1, 0.15) is 11.4 Å². The van der Waals surface area contributed by atoms with Gasteiger partial charge in [-0.1, -0.05) is 26.8 Å². The van der Waals surface area contributed by atoms with Crippen molar-refractivity contribution in [1.82, 2.24) is 9.78 Å². The summed E-state index contributed by atoms with van der Waals surface area (Å²) in [7, 11) is 0. The largest absolute Gasteiger partial charge is 0.506 e. The summed E-state index contributed by atoms with van der Waals surface area (Å²) in [6.45, 7) is 7.78. The van der Waals surface area contributed by atoms with E-state index in [4.69, 9.17) is 5.11 Å². The van der Waals surface area contributed by atoms with E-state index in [1.807, 2.05) is 33.8 Å². The van der Waals surface area contributed by atoms with E-state index >= 15 is 0 Å². The summed E-state index contributed by atoms with van der Waals surface area (Å²) in [5.74, 6) is -1.00. The lowest BCUT2D eigenvalue weighted by Gasteiger charge is -2.20. The number of carbonyl (C=O) groups is 1. The summed E-state index contributed by atoms with van der Waals surface area (Å²) in [5.41, 5.74) is 1.81. The van der Waals surface area contributed by atoms with Crippen molar-refractivity contribution in [3.63, 3.8) is 0 Å². The van der Waals surface area contributed by atoms with Crippen molar-refractivity contribution in [3.8, 4) is 11.4 Å². The topological polar surface area (TPSA) is 75.4 Å². The molecule has 1 heterocycles. The summed E-state index contributed by atoms with van der Waals surface area (Å²) in [5, 5.41) is 23.3. The molecule has 1 aromatic carbocycles. The van der Waals surface area contributed by atoms with E-state index in [1.54, 1.807) is 18.2 Å². The van der Waals surface area contributed by atoms with Gasteiger partial charge in [-0.2, -0.15) is 5.10 Å². The highest BCUT2D eigenvalue weighted by Crippen LogP contribution is 2.30. The van der Waals surface area contributed by atoms with Crippen LogP contribution in [0.5, 0.6) is 5.75 Å². The monoisotopic (exact) mass is 274 g/mol. The Kier molecular flexibility index (Phi) is 3.29. The molecule has 5 nitrogen and oxygen atoms in total. The molecular weight excluding hydrogens is 256 g/mol. The second-order valence-electron chi connectivity index (χ2n) is 5.87. The smallest absolute Gasteiger partial charge is 0.356 e. The van der Waals surface area contributed by atoms with Gasteiger partial charge in [0.05, 0.1) is 5.69 Å². The van der Waals surface area contributed by atoms with Crippen molar-refractivity contribution < 1.29 is 15.0 Å². The van der Waals surface area contributed by atoms with Crippen LogP contribution in [0.4, 0.5) is 0 Å². The number of carboxylic acid groups (broad SMARTS) is 1. The molecule has 2 aromatic rings. The van der Waals surface area contributed by atoms with Crippen LogP contribution in [0.3, 0.4) is 0 Å². The Hall–Kier alpha value is -2.30. The molecule has 0 saturated heterocycles. The molecule has 0 saturated carbocycles. The highest BCUT2D eigenvalue weighted by atomic mass is 16.4. The molecule has 0 unspecified atom stereocenters. The predicted molar refractivity (Wildman–Crippen MR) is 75.6 cm³/mol. The van der Waals surface area contributed by atoms with Crippen molar-refractivity contribution in [2.24, 2.45) is 0 Å². The number of aromatic nitrogens is 2. The van der Waals surface area contributed by atoms with Gasteiger partial charge in [-0.05, 0) is 30.7 Å². The number of phenolic OH excluding ortho intramolecular Hbond substituents is 1. The van der Waals surface area contributed by atoms with Crippen LogP contribution >= 0.6 is 0 Å². The Bertz CT molecular complexity index is 666. The number of rotatable bonds is 2. The molecule has 5 heteroatoms. The minimum absolute atomic E-state index is 0.0325. The quantitative estimate of drug-likeness (QED) is 0.883. The van der Waals surface area contributed by atoms with Gasteiger partial charge < -0.3 is 10.2 Å². The van der Waals surface area contributed by atoms with Crippen LogP contribution in [-0.4, -0.2) is 26.0 Å².